The van der Waals surface area contributed by atoms with Crippen molar-refractivity contribution in [2.45, 2.75) is 6.42 Å². The van der Waals surface area contributed by atoms with E-state index in [-0.39, 0.29) is 5.91 Å². The molecule has 0 saturated carbocycles. The molecule has 1 saturated heterocycles. The molecular formula is C14H18N4O. The Morgan fingerprint density at radius 1 is 1.32 bits per heavy atom. The molecule has 0 unspecified atom stereocenters. The lowest BCUT2D eigenvalue weighted by Gasteiger charge is -2.19. The lowest BCUT2D eigenvalue weighted by molar-refractivity contribution is 0.0766. The first-order chi connectivity index (χ1) is 9.25. The average molecular weight is 258 g/mol. The lowest BCUT2D eigenvalue weighted by Crippen LogP contribution is -2.34. The standard InChI is InChI=1S/C14H18N4O/c1-17-10-16-12-9-11(3-4-13(12)17)14(19)18-7-2-5-15-6-8-18/h3-4,9-10,15H,2,5-8H2,1H3. The third-order valence-corrected chi connectivity index (χ3v) is 3.60. The summed E-state index contributed by atoms with van der Waals surface area (Å²) in [5.41, 5.74) is 2.66. The predicted molar refractivity (Wildman–Crippen MR) is 74.1 cm³/mol. The SMILES string of the molecule is Cn1cnc2cc(C(=O)N3CCCNCC3)ccc21. The number of carbonyl (C=O) groups excluding carboxylic acids is 1. The van der Waals surface area contributed by atoms with Crippen LogP contribution in [0.3, 0.4) is 0 Å². The van der Waals surface area contributed by atoms with Crippen molar-refractivity contribution in [1.82, 2.24) is 19.8 Å². The fourth-order valence-corrected chi connectivity index (χ4v) is 2.50. The van der Waals surface area contributed by atoms with E-state index < -0.39 is 0 Å². The van der Waals surface area contributed by atoms with Crippen LogP contribution in [0.1, 0.15) is 16.8 Å². The number of fused-ring (bicyclic) bond motifs is 1. The van der Waals surface area contributed by atoms with Gasteiger partial charge in [0, 0.05) is 32.2 Å². The van der Waals surface area contributed by atoms with E-state index in [1.54, 1.807) is 6.33 Å². The second-order valence-electron chi connectivity index (χ2n) is 4.95. The number of amides is 1. The summed E-state index contributed by atoms with van der Waals surface area (Å²) in [5, 5.41) is 3.31. The van der Waals surface area contributed by atoms with Gasteiger partial charge in [0.25, 0.3) is 5.91 Å². The molecule has 5 nitrogen and oxygen atoms in total. The van der Waals surface area contributed by atoms with E-state index in [0.717, 1.165) is 49.2 Å². The van der Waals surface area contributed by atoms with Crippen molar-refractivity contribution in [3.05, 3.63) is 30.1 Å². The van der Waals surface area contributed by atoms with Crippen LogP contribution in [0.25, 0.3) is 11.0 Å². The molecule has 0 radical (unpaired) electrons. The maximum atomic E-state index is 12.5. The molecule has 0 atom stereocenters. The molecule has 1 aliphatic rings. The smallest absolute Gasteiger partial charge is 0.253 e. The number of imidazole rings is 1. The molecule has 1 aliphatic heterocycles. The zero-order valence-corrected chi connectivity index (χ0v) is 11.1. The largest absolute Gasteiger partial charge is 0.337 e. The van der Waals surface area contributed by atoms with Crippen LogP contribution >= 0.6 is 0 Å². The van der Waals surface area contributed by atoms with Crippen molar-refractivity contribution < 1.29 is 4.79 Å². The Kier molecular flexibility index (Phi) is 3.21. The topological polar surface area (TPSA) is 50.2 Å². The Bertz CT molecular complexity index is 597. The number of carbonyl (C=O) groups is 1. The highest BCUT2D eigenvalue weighted by atomic mass is 16.2. The molecule has 1 aromatic carbocycles. The van der Waals surface area contributed by atoms with E-state index in [2.05, 4.69) is 10.3 Å². The zero-order valence-electron chi connectivity index (χ0n) is 11.1. The van der Waals surface area contributed by atoms with E-state index in [1.807, 2.05) is 34.7 Å². The second-order valence-corrected chi connectivity index (χ2v) is 4.95. The third-order valence-electron chi connectivity index (χ3n) is 3.60. The molecule has 2 heterocycles. The highest BCUT2D eigenvalue weighted by Crippen LogP contribution is 2.15. The van der Waals surface area contributed by atoms with Gasteiger partial charge in [0.15, 0.2) is 0 Å². The van der Waals surface area contributed by atoms with E-state index >= 15 is 0 Å². The number of nitrogens with one attached hydrogen (secondary N) is 1. The summed E-state index contributed by atoms with van der Waals surface area (Å²) in [7, 11) is 1.96. The molecule has 0 aliphatic carbocycles. The van der Waals surface area contributed by atoms with Gasteiger partial charge in [0.05, 0.1) is 17.4 Å². The van der Waals surface area contributed by atoms with Gasteiger partial charge in [0.2, 0.25) is 0 Å². The van der Waals surface area contributed by atoms with Gasteiger partial charge in [-0.25, -0.2) is 4.98 Å². The van der Waals surface area contributed by atoms with E-state index in [1.165, 1.54) is 0 Å². The Balaban J connectivity index is 1.88. The molecular weight excluding hydrogens is 240 g/mol. The Hall–Kier alpha value is -1.88. The first kappa shape index (κ1) is 12.2. The van der Waals surface area contributed by atoms with E-state index in [9.17, 15) is 4.79 Å². The van der Waals surface area contributed by atoms with Crippen molar-refractivity contribution >= 4 is 16.9 Å². The summed E-state index contributed by atoms with van der Waals surface area (Å²) in [5.74, 6) is 0.108. The maximum absolute atomic E-state index is 12.5. The minimum Gasteiger partial charge on any atom is -0.337 e. The van der Waals surface area contributed by atoms with Crippen LogP contribution in [0.5, 0.6) is 0 Å². The summed E-state index contributed by atoms with van der Waals surface area (Å²) in [6.07, 6.45) is 2.78. The maximum Gasteiger partial charge on any atom is 0.253 e. The normalized spacial score (nSPS) is 16.6. The number of aromatic nitrogens is 2. The van der Waals surface area contributed by atoms with Crippen LogP contribution in [-0.2, 0) is 7.05 Å². The fourth-order valence-electron chi connectivity index (χ4n) is 2.50. The summed E-state index contributed by atoms with van der Waals surface area (Å²) in [4.78, 5) is 18.7. The average Bonchev–Trinajstić information content (AvgIpc) is 2.67. The van der Waals surface area contributed by atoms with Crippen LogP contribution in [0, 0.1) is 0 Å². The molecule has 1 aromatic heterocycles. The van der Waals surface area contributed by atoms with Crippen molar-refractivity contribution in [3.63, 3.8) is 0 Å². The van der Waals surface area contributed by atoms with Gasteiger partial charge >= 0.3 is 0 Å². The summed E-state index contributed by atoms with van der Waals surface area (Å²) in [6.45, 7) is 3.46. The predicted octanol–water partition coefficient (Wildman–Crippen LogP) is 1.01. The van der Waals surface area contributed by atoms with Crippen molar-refractivity contribution in [2.24, 2.45) is 7.05 Å². The Labute approximate surface area is 112 Å². The molecule has 100 valence electrons. The van der Waals surface area contributed by atoms with Crippen LogP contribution in [0.4, 0.5) is 0 Å². The molecule has 3 rings (SSSR count). The summed E-state index contributed by atoms with van der Waals surface area (Å²) >= 11 is 0. The molecule has 2 aromatic rings. The minimum atomic E-state index is 0.108. The van der Waals surface area contributed by atoms with Crippen LogP contribution < -0.4 is 5.32 Å². The molecule has 19 heavy (non-hydrogen) atoms. The first-order valence-corrected chi connectivity index (χ1v) is 6.67. The van der Waals surface area contributed by atoms with Gasteiger partial charge < -0.3 is 14.8 Å². The summed E-state index contributed by atoms with van der Waals surface area (Å²) < 4.78 is 1.96. The zero-order chi connectivity index (χ0) is 13.2. The molecule has 5 heteroatoms. The summed E-state index contributed by atoms with van der Waals surface area (Å²) in [6, 6.07) is 5.74. The number of rotatable bonds is 1. The molecule has 0 spiro atoms. The molecule has 0 bridgehead atoms. The van der Waals surface area contributed by atoms with Gasteiger partial charge in [-0.2, -0.15) is 0 Å². The van der Waals surface area contributed by atoms with Crippen molar-refractivity contribution in [3.8, 4) is 0 Å². The van der Waals surface area contributed by atoms with Gasteiger partial charge in [-0.1, -0.05) is 0 Å². The fraction of sp³-hybridized carbons (Fsp3) is 0.429. The molecule has 1 N–H and O–H groups in total. The molecule has 1 fully saturated rings. The Morgan fingerprint density at radius 2 is 2.21 bits per heavy atom. The van der Waals surface area contributed by atoms with Crippen molar-refractivity contribution in [1.29, 1.82) is 0 Å². The molecule has 1 amide bonds. The minimum absolute atomic E-state index is 0.108. The number of hydrogen-bond donors (Lipinski definition) is 1. The monoisotopic (exact) mass is 258 g/mol. The van der Waals surface area contributed by atoms with E-state index in [4.69, 9.17) is 0 Å². The Morgan fingerprint density at radius 3 is 3.11 bits per heavy atom. The highest BCUT2D eigenvalue weighted by molar-refractivity contribution is 5.97. The van der Waals surface area contributed by atoms with Crippen LogP contribution in [-0.4, -0.2) is 46.5 Å². The van der Waals surface area contributed by atoms with Crippen LogP contribution in [0.15, 0.2) is 24.5 Å². The number of hydrogen-bond acceptors (Lipinski definition) is 3. The highest BCUT2D eigenvalue weighted by Gasteiger charge is 2.17. The first-order valence-electron chi connectivity index (χ1n) is 6.67. The van der Waals surface area contributed by atoms with Gasteiger partial charge in [-0.15, -0.1) is 0 Å². The lowest BCUT2D eigenvalue weighted by atomic mass is 10.1. The number of benzene rings is 1. The van der Waals surface area contributed by atoms with Gasteiger partial charge in [-0.05, 0) is 31.2 Å². The van der Waals surface area contributed by atoms with Gasteiger partial charge in [-0.3, -0.25) is 4.79 Å². The van der Waals surface area contributed by atoms with Gasteiger partial charge in [0.1, 0.15) is 0 Å². The second kappa shape index (κ2) is 5.01. The quantitative estimate of drug-likeness (QED) is 0.830. The number of nitrogens with zero attached hydrogens (tertiary/aromatic N) is 3. The van der Waals surface area contributed by atoms with Crippen LogP contribution in [0.2, 0.25) is 0 Å². The number of aryl methyl sites for hydroxylation is 1. The van der Waals surface area contributed by atoms with E-state index in [0.29, 0.717) is 0 Å². The third kappa shape index (κ3) is 2.33. The van der Waals surface area contributed by atoms with Crippen molar-refractivity contribution in [2.75, 3.05) is 26.2 Å².